The lowest BCUT2D eigenvalue weighted by Gasteiger charge is -2.19. The molecule has 7 heteroatoms. The number of ketones is 2. The summed E-state index contributed by atoms with van der Waals surface area (Å²) in [6, 6.07) is 20.0. The largest absolute Gasteiger partial charge is 0.489 e. The van der Waals surface area contributed by atoms with Crippen molar-refractivity contribution in [2.24, 2.45) is 11.3 Å². The Labute approximate surface area is 239 Å². The van der Waals surface area contributed by atoms with Gasteiger partial charge in [0.15, 0.2) is 5.78 Å². The molecule has 2 heterocycles. The van der Waals surface area contributed by atoms with Crippen molar-refractivity contribution in [2.45, 2.75) is 47.6 Å². The van der Waals surface area contributed by atoms with Gasteiger partial charge in [-0.15, -0.1) is 0 Å². The number of rotatable bonds is 10. The molecular weight excluding hydrogens is 526 g/mol. The minimum absolute atomic E-state index is 0.133. The molecule has 6 nitrogen and oxygen atoms in total. The molecule has 0 N–H and O–H groups in total. The first kappa shape index (κ1) is 29.1. The van der Waals surface area contributed by atoms with E-state index in [1.54, 1.807) is 60.8 Å². The summed E-state index contributed by atoms with van der Waals surface area (Å²) in [5.74, 6) is -0.805. The summed E-state index contributed by atoms with van der Waals surface area (Å²) in [6.45, 7) is 9.61. The van der Waals surface area contributed by atoms with Gasteiger partial charge >= 0.3 is 5.97 Å². The molecule has 1 atom stereocenters. The Bertz CT molecular complexity index is 1530. The van der Waals surface area contributed by atoms with Crippen LogP contribution in [0.1, 0.15) is 72.2 Å². The van der Waals surface area contributed by atoms with Crippen LogP contribution in [0.25, 0.3) is 5.52 Å². The minimum Gasteiger partial charge on any atom is -0.489 e. The zero-order valence-corrected chi connectivity index (χ0v) is 24.2. The van der Waals surface area contributed by atoms with E-state index < -0.39 is 11.3 Å². The van der Waals surface area contributed by atoms with E-state index in [4.69, 9.17) is 21.1 Å². The number of halogens is 1. The van der Waals surface area contributed by atoms with Gasteiger partial charge in [-0.25, -0.2) is 0 Å². The average Bonchev–Trinajstić information content (AvgIpc) is 3.24. The lowest BCUT2D eigenvalue weighted by molar-refractivity contribution is -0.147. The van der Waals surface area contributed by atoms with Crippen LogP contribution in [0.2, 0.25) is 5.02 Å². The monoisotopic (exact) mass is 559 g/mol. The number of aromatic nitrogens is 1. The molecule has 0 bridgehead atoms. The number of hydrogen-bond donors (Lipinski definition) is 0. The summed E-state index contributed by atoms with van der Waals surface area (Å²) < 4.78 is 13.1. The number of carbonyl (C=O) groups is 3. The maximum Gasteiger partial charge on any atom is 0.308 e. The van der Waals surface area contributed by atoms with Crippen LogP contribution in [0, 0.1) is 11.3 Å². The summed E-state index contributed by atoms with van der Waals surface area (Å²) in [5.41, 5.74) is 2.49. The highest BCUT2D eigenvalue weighted by Gasteiger charge is 2.34. The van der Waals surface area contributed by atoms with Crippen molar-refractivity contribution in [1.29, 1.82) is 0 Å². The van der Waals surface area contributed by atoms with Crippen LogP contribution in [0.15, 0.2) is 72.9 Å². The highest BCUT2D eigenvalue weighted by molar-refractivity contribution is 6.30. The first-order chi connectivity index (χ1) is 19.0. The molecule has 0 saturated heterocycles. The van der Waals surface area contributed by atoms with Gasteiger partial charge in [0.2, 0.25) is 5.78 Å². The van der Waals surface area contributed by atoms with Crippen LogP contribution in [-0.4, -0.2) is 28.5 Å². The average molecular weight is 560 g/mol. The molecule has 0 amide bonds. The number of pyridine rings is 1. The van der Waals surface area contributed by atoms with Gasteiger partial charge in [-0.2, -0.15) is 0 Å². The number of carbonyl (C=O) groups excluding carboxylic acids is 3. The van der Waals surface area contributed by atoms with Gasteiger partial charge in [0.05, 0.1) is 23.7 Å². The van der Waals surface area contributed by atoms with E-state index in [1.165, 1.54) is 0 Å². The Morgan fingerprint density at radius 2 is 1.65 bits per heavy atom. The van der Waals surface area contributed by atoms with Crippen LogP contribution in [-0.2, 0) is 22.6 Å². The third-order valence-electron chi connectivity index (χ3n) is 6.69. The highest BCUT2D eigenvalue weighted by atomic mass is 35.5. The van der Waals surface area contributed by atoms with Crippen LogP contribution < -0.4 is 4.74 Å². The molecule has 4 rings (SSSR count). The maximum absolute atomic E-state index is 14.0. The second-order valence-electron chi connectivity index (χ2n) is 10.9. The molecule has 0 aliphatic rings. The van der Waals surface area contributed by atoms with Gasteiger partial charge in [-0.05, 0) is 54.8 Å². The number of fused-ring (bicyclic) bond motifs is 1. The Morgan fingerprint density at radius 3 is 2.27 bits per heavy atom. The van der Waals surface area contributed by atoms with Crippen LogP contribution in [0.5, 0.6) is 5.75 Å². The topological polar surface area (TPSA) is 74.1 Å². The Morgan fingerprint density at radius 1 is 0.975 bits per heavy atom. The minimum atomic E-state index is -0.745. The SMILES string of the molecule is CCOC(=O)C(C)Cc1c(C(=O)C(C)(C)C)c2cc(OCc3ccccc3)ccn2c1C(=O)c1ccc(Cl)cc1. The molecule has 1 unspecified atom stereocenters. The smallest absolute Gasteiger partial charge is 0.308 e. The van der Waals surface area contributed by atoms with E-state index >= 15 is 0 Å². The van der Waals surface area contributed by atoms with Crippen molar-refractivity contribution in [3.63, 3.8) is 0 Å². The number of Topliss-reactive ketones (excluding diaryl/α,β-unsaturated/α-hetero) is 1. The molecule has 0 saturated carbocycles. The fourth-order valence-corrected chi connectivity index (χ4v) is 4.73. The lowest BCUT2D eigenvalue weighted by Crippen LogP contribution is -2.24. The molecule has 0 radical (unpaired) electrons. The highest BCUT2D eigenvalue weighted by Crippen LogP contribution is 2.35. The van der Waals surface area contributed by atoms with Crippen molar-refractivity contribution in [3.8, 4) is 5.75 Å². The fourth-order valence-electron chi connectivity index (χ4n) is 4.60. The molecule has 4 aromatic rings. The summed E-state index contributed by atoms with van der Waals surface area (Å²) in [5, 5.41) is 0.511. The van der Waals surface area contributed by atoms with Crippen LogP contribution >= 0.6 is 11.6 Å². The number of hydrogen-bond acceptors (Lipinski definition) is 5. The number of benzene rings is 2. The fraction of sp³-hybridized carbons (Fsp3) is 0.303. The third-order valence-corrected chi connectivity index (χ3v) is 6.94. The summed E-state index contributed by atoms with van der Waals surface area (Å²) in [4.78, 5) is 40.7. The number of ether oxygens (including phenoxy) is 2. The Hall–Kier alpha value is -3.90. The van der Waals surface area contributed by atoms with E-state index in [0.29, 0.717) is 45.3 Å². The van der Waals surface area contributed by atoms with Gasteiger partial charge in [0.1, 0.15) is 12.4 Å². The standard InChI is InChI=1S/C33H34ClNO5/c1-6-39-32(38)21(2)18-26-28(31(37)33(3,4)5)27-19-25(40-20-22-10-8-7-9-11-22)16-17-35(27)29(26)30(36)23-12-14-24(34)15-13-23/h7-17,19,21H,6,18,20H2,1-5H3. The van der Waals surface area contributed by atoms with Gasteiger partial charge < -0.3 is 13.9 Å². The maximum atomic E-state index is 14.0. The second-order valence-corrected chi connectivity index (χ2v) is 11.3. The molecule has 2 aromatic heterocycles. The quantitative estimate of drug-likeness (QED) is 0.150. The first-order valence-electron chi connectivity index (χ1n) is 13.4. The van der Waals surface area contributed by atoms with E-state index in [-0.39, 0.29) is 30.6 Å². The third kappa shape index (κ3) is 6.28. The van der Waals surface area contributed by atoms with Crippen molar-refractivity contribution in [1.82, 2.24) is 4.40 Å². The Kier molecular flexibility index (Phi) is 8.79. The number of esters is 1. The first-order valence-corrected chi connectivity index (χ1v) is 13.7. The van der Waals surface area contributed by atoms with Gasteiger partial charge in [-0.3, -0.25) is 14.4 Å². The van der Waals surface area contributed by atoms with Crippen molar-refractivity contribution in [3.05, 3.63) is 106 Å². The van der Waals surface area contributed by atoms with Crippen molar-refractivity contribution in [2.75, 3.05) is 6.61 Å². The van der Waals surface area contributed by atoms with Gasteiger partial charge in [0.25, 0.3) is 0 Å². The molecule has 2 aromatic carbocycles. The van der Waals surface area contributed by atoms with Gasteiger partial charge in [0, 0.05) is 33.8 Å². The Balaban J connectivity index is 1.92. The molecule has 0 fully saturated rings. The van der Waals surface area contributed by atoms with Gasteiger partial charge in [-0.1, -0.05) is 69.6 Å². The van der Waals surface area contributed by atoms with Crippen LogP contribution in [0.3, 0.4) is 0 Å². The molecule has 40 heavy (non-hydrogen) atoms. The van der Waals surface area contributed by atoms with Crippen LogP contribution in [0.4, 0.5) is 0 Å². The zero-order valence-electron chi connectivity index (χ0n) is 23.5. The lowest BCUT2D eigenvalue weighted by atomic mass is 9.83. The van der Waals surface area contributed by atoms with E-state index in [1.807, 2.05) is 51.1 Å². The molecule has 0 aliphatic carbocycles. The molecular formula is C33H34ClNO5. The van der Waals surface area contributed by atoms with E-state index in [9.17, 15) is 14.4 Å². The summed E-state index contributed by atoms with van der Waals surface area (Å²) in [7, 11) is 0. The van der Waals surface area contributed by atoms with Crippen molar-refractivity contribution >= 4 is 34.7 Å². The molecule has 0 spiro atoms. The summed E-state index contributed by atoms with van der Waals surface area (Å²) in [6.07, 6.45) is 1.91. The van der Waals surface area contributed by atoms with Crippen molar-refractivity contribution < 1.29 is 23.9 Å². The summed E-state index contributed by atoms with van der Waals surface area (Å²) >= 11 is 6.08. The molecule has 208 valence electrons. The second kappa shape index (κ2) is 12.1. The normalized spacial score (nSPS) is 12.2. The molecule has 0 aliphatic heterocycles. The number of nitrogens with zero attached hydrogens (tertiary/aromatic N) is 1. The predicted molar refractivity (Wildman–Crippen MR) is 156 cm³/mol. The predicted octanol–water partition coefficient (Wildman–Crippen LogP) is 7.37. The van der Waals surface area contributed by atoms with E-state index in [0.717, 1.165) is 5.56 Å². The zero-order chi connectivity index (χ0) is 29.0. The van der Waals surface area contributed by atoms with E-state index in [2.05, 4.69) is 0 Å².